The molecule has 0 spiro atoms. The number of aliphatic imine (C=N–C) groups is 1. The molecule has 316 valence electrons. The van der Waals surface area contributed by atoms with Crippen LogP contribution < -0.4 is 0 Å². The fourth-order valence-electron chi connectivity index (χ4n) is 9.82. The number of nitrogens with zero attached hydrogens (tertiary/aromatic N) is 4. The molecule has 0 N–H and O–H groups in total. The lowest BCUT2D eigenvalue weighted by Gasteiger charge is -2.46. The Morgan fingerprint density at radius 3 is 1.89 bits per heavy atom. The first-order valence-electron chi connectivity index (χ1n) is 21.6. The lowest BCUT2D eigenvalue weighted by Crippen LogP contribution is -2.38. The SMILES string of the molecule is C=C(c1ccc(CN2C(=O)C=NC2=O)cc1)c1cc2c(cc1C)C(C)(C)CCC2(C)CCC1(C)C=CC(C)(C)c2cc(C(=C)c3ccc(CN4C(=O)C=CC4=O)cn3)c(C)cc21. The van der Waals surface area contributed by atoms with E-state index in [9.17, 15) is 19.2 Å². The normalized spacial score (nSPS) is 22.1. The molecule has 0 fully saturated rings. The predicted octanol–water partition coefficient (Wildman–Crippen LogP) is 10.7. The van der Waals surface area contributed by atoms with E-state index >= 15 is 0 Å². The van der Waals surface area contributed by atoms with Crippen LogP contribution in [0.25, 0.3) is 11.1 Å². The van der Waals surface area contributed by atoms with Gasteiger partial charge in [-0.1, -0.05) is 115 Å². The standard InChI is InChI=1S/C54H56N4O4/c1-33-25-42-45(28-40(33)35(3)39-14-11-37(12-15-39)31-58-49(61)30-56-50(58)62)54(10,22-19-51(42,5)6)24-23-53(9)21-20-52(7,8)43-27-41(34(2)26-44(43)53)36(4)46-16-13-38(29-55-46)32-57-47(59)17-18-48(57)60/h11-18,20-21,25-30H,3-4,19,22-24,31-32H2,1-2,5-10H3. The number of carbonyl (C=O) groups excluding carboxylic acids is 4. The fraction of sp³-hybridized carbons (Fsp3) is 0.333. The highest BCUT2D eigenvalue weighted by Crippen LogP contribution is 2.52. The van der Waals surface area contributed by atoms with Gasteiger partial charge in [-0.25, -0.2) is 4.79 Å². The molecule has 3 heterocycles. The van der Waals surface area contributed by atoms with Gasteiger partial charge in [0.2, 0.25) is 0 Å². The maximum Gasteiger partial charge on any atom is 0.350 e. The number of fused-ring (bicyclic) bond motifs is 2. The lowest BCUT2D eigenvalue weighted by molar-refractivity contribution is -0.137. The maximum absolute atomic E-state index is 12.1. The fourth-order valence-corrected chi connectivity index (χ4v) is 9.82. The van der Waals surface area contributed by atoms with Gasteiger partial charge in [-0.3, -0.25) is 29.2 Å². The Hall–Kier alpha value is -6.28. The third-order valence-electron chi connectivity index (χ3n) is 14.2. The van der Waals surface area contributed by atoms with Crippen LogP contribution in [0.3, 0.4) is 0 Å². The molecular weight excluding hydrogens is 769 g/mol. The minimum Gasteiger partial charge on any atom is -0.271 e. The van der Waals surface area contributed by atoms with Gasteiger partial charge in [0, 0.05) is 34.8 Å². The number of aromatic nitrogens is 1. The van der Waals surface area contributed by atoms with Crippen molar-refractivity contribution >= 4 is 41.1 Å². The third-order valence-corrected chi connectivity index (χ3v) is 14.2. The van der Waals surface area contributed by atoms with Gasteiger partial charge >= 0.3 is 6.03 Å². The van der Waals surface area contributed by atoms with Gasteiger partial charge in [0.25, 0.3) is 17.7 Å². The summed E-state index contributed by atoms with van der Waals surface area (Å²) in [6.45, 7) is 28.0. The van der Waals surface area contributed by atoms with Gasteiger partial charge in [0.05, 0.1) is 25.0 Å². The van der Waals surface area contributed by atoms with E-state index in [0.717, 1.165) is 87.0 Å². The first-order valence-corrected chi connectivity index (χ1v) is 21.6. The number of aryl methyl sites for hydroxylation is 2. The summed E-state index contributed by atoms with van der Waals surface area (Å²) >= 11 is 0. The quantitative estimate of drug-likeness (QED) is 0.111. The van der Waals surface area contributed by atoms with Gasteiger partial charge in [0.15, 0.2) is 0 Å². The first kappa shape index (κ1) is 42.4. The largest absolute Gasteiger partial charge is 0.350 e. The van der Waals surface area contributed by atoms with Crippen LogP contribution in [0.4, 0.5) is 4.79 Å². The van der Waals surface area contributed by atoms with Gasteiger partial charge in [0.1, 0.15) is 0 Å². The zero-order valence-electron chi connectivity index (χ0n) is 37.3. The predicted molar refractivity (Wildman–Crippen MR) is 247 cm³/mol. The number of pyridine rings is 1. The van der Waals surface area contributed by atoms with Crippen molar-refractivity contribution in [2.24, 2.45) is 4.99 Å². The van der Waals surface area contributed by atoms with Crippen molar-refractivity contribution in [3.05, 3.63) is 171 Å². The molecule has 5 amide bonds. The lowest BCUT2D eigenvalue weighted by atomic mass is 9.58. The van der Waals surface area contributed by atoms with E-state index in [0.29, 0.717) is 0 Å². The Kier molecular flexibility index (Phi) is 10.4. The topological polar surface area (TPSA) is 100 Å². The monoisotopic (exact) mass is 824 g/mol. The van der Waals surface area contributed by atoms with Crippen LogP contribution in [0.2, 0.25) is 0 Å². The Labute approximate surface area is 365 Å². The molecule has 0 radical (unpaired) electrons. The Bertz CT molecular complexity index is 2660. The number of carbonyl (C=O) groups is 4. The summed E-state index contributed by atoms with van der Waals surface area (Å²) in [6.07, 6.45) is 14.4. The average Bonchev–Trinajstić information content (AvgIpc) is 3.73. The Balaban J connectivity index is 1.05. The zero-order chi connectivity index (χ0) is 44.5. The number of amides is 5. The van der Waals surface area contributed by atoms with E-state index in [1.165, 1.54) is 44.9 Å². The highest BCUT2D eigenvalue weighted by Gasteiger charge is 2.43. The van der Waals surface area contributed by atoms with Gasteiger partial charge in [-0.15, -0.1) is 0 Å². The summed E-state index contributed by atoms with van der Waals surface area (Å²) < 4.78 is 0. The van der Waals surface area contributed by atoms with E-state index in [4.69, 9.17) is 4.98 Å². The summed E-state index contributed by atoms with van der Waals surface area (Å²) in [7, 11) is 0. The number of urea groups is 1. The van der Waals surface area contributed by atoms with Crippen molar-refractivity contribution in [2.45, 2.75) is 116 Å². The highest BCUT2D eigenvalue weighted by molar-refractivity contribution is 6.35. The molecule has 2 aliphatic heterocycles. The van der Waals surface area contributed by atoms with Crippen LogP contribution in [0.15, 0.2) is 109 Å². The van der Waals surface area contributed by atoms with Gasteiger partial charge < -0.3 is 0 Å². The molecular formula is C54H56N4O4. The molecule has 3 aromatic carbocycles. The molecule has 0 saturated carbocycles. The molecule has 0 bridgehead atoms. The Morgan fingerprint density at radius 2 is 1.26 bits per heavy atom. The van der Waals surface area contributed by atoms with Crippen molar-refractivity contribution in [1.82, 2.24) is 14.8 Å². The molecule has 8 nitrogen and oxygen atoms in total. The van der Waals surface area contributed by atoms with Crippen molar-refractivity contribution < 1.29 is 19.2 Å². The van der Waals surface area contributed by atoms with Crippen molar-refractivity contribution in [3.63, 3.8) is 0 Å². The van der Waals surface area contributed by atoms with Crippen molar-refractivity contribution in [1.29, 1.82) is 0 Å². The molecule has 8 heteroatoms. The molecule has 2 atom stereocenters. The van der Waals surface area contributed by atoms with Crippen LogP contribution >= 0.6 is 0 Å². The average molecular weight is 825 g/mol. The minimum absolute atomic E-state index is 0.0368. The number of rotatable bonds is 11. The molecule has 0 saturated heterocycles. The van der Waals surface area contributed by atoms with Crippen LogP contribution in [-0.2, 0) is 49.1 Å². The number of hydrogen-bond donors (Lipinski definition) is 0. The van der Waals surface area contributed by atoms with Crippen LogP contribution in [0.5, 0.6) is 0 Å². The van der Waals surface area contributed by atoms with Gasteiger partial charge in [-0.2, -0.15) is 4.99 Å². The molecule has 8 rings (SSSR count). The van der Waals surface area contributed by atoms with Crippen LogP contribution in [-0.4, -0.2) is 44.8 Å². The van der Waals surface area contributed by atoms with Crippen LogP contribution in [0, 0.1) is 13.8 Å². The highest BCUT2D eigenvalue weighted by atomic mass is 16.2. The smallest absolute Gasteiger partial charge is 0.271 e. The summed E-state index contributed by atoms with van der Waals surface area (Å²) in [4.78, 5) is 59.1. The summed E-state index contributed by atoms with van der Waals surface area (Å²) in [5, 5.41) is 0. The number of allylic oxidation sites excluding steroid dienone is 2. The second kappa shape index (κ2) is 15.3. The van der Waals surface area contributed by atoms with Gasteiger partial charge in [-0.05, 0) is 129 Å². The van der Waals surface area contributed by atoms with Crippen molar-refractivity contribution in [2.75, 3.05) is 0 Å². The molecule has 1 aromatic heterocycles. The number of benzene rings is 3. The van der Waals surface area contributed by atoms with E-state index in [2.05, 4.69) is 110 Å². The van der Waals surface area contributed by atoms with Crippen LogP contribution in [0.1, 0.15) is 134 Å². The second-order valence-corrected chi connectivity index (χ2v) is 19.6. The summed E-state index contributed by atoms with van der Waals surface area (Å²) in [5.74, 6) is -1.01. The zero-order valence-corrected chi connectivity index (χ0v) is 37.3. The summed E-state index contributed by atoms with van der Waals surface area (Å²) in [6, 6.07) is 20.8. The molecule has 2 aliphatic carbocycles. The molecule has 62 heavy (non-hydrogen) atoms. The van der Waals surface area contributed by atoms with E-state index in [1.54, 1.807) is 6.20 Å². The first-order chi connectivity index (χ1) is 29.2. The Morgan fingerprint density at radius 1 is 0.645 bits per heavy atom. The number of hydrogen-bond acceptors (Lipinski definition) is 5. The molecule has 4 aliphatic rings. The van der Waals surface area contributed by atoms with E-state index in [-0.39, 0.29) is 46.6 Å². The molecule has 4 aromatic rings. The second-order valence-electron chi connectivity index (χ2n) is 19.6. The maximum atomic E-state index is 12.1. The number of imide groups is 2. The third kappa shape index (κ3) is 7.54. The molecule has 2 unspecified atom stereocenters. The van der Waals surface area contributed by atoms with E-state index in [1.807, 2.05) is 36.4 Å². The van der Waals surface area contributed by atoms with Crippen molar-refractivity contribution in [3.8, 4) is 0 Å². The minimum atomic E-state index is -0.530. The summed E-state index contributed by atoms with van der Waals surface area (Å²) in [5.41, 5.74) is 14.8. The van der Waals surface area contributed by atoms with E-state index < -0.39 is 11.9 Å².